The van der Waals surface area contributed by atoms with Crippen LogP contribution in [-0.2, 0) is 4.74 Å². The predicted octanol–water partition coefficient (Wildman–Crippen LogP) is 7.36. The Hall–Kier alpha value is -0.340. The molecule has 2 aliphatic rings. The third kappa shape index (κ3) is 5.85. The van der Waals surface area contributed by atoms with Crippen LogP contribution in [0.25, 0.3) is 0 Å². The average Bonchev–Trinajstić information content (AvgIpc) is 2.61. The molecule has 0 spiro atoms. The van der Waals surface area contributed by atoms with Gasteiger partial charge in [0.1, 0.15) is 0 Å². The Morgan fingerprint density at radius 3 is 1.89 bits per heavy atom. The quantitative estimate of drug-likeness (QED) is 0.378. The van der Waals surface area contributed by atoms with Crippen LogP contribution in [-0.4, -0.2) is 17.0 Å². The van der Waals surface area contributed by atoms with Crippen LogP contribution in [0.3, 0.4) is 0 Å². The second kappa shape index (κ2) is 9.21. The highest BCUT2D eigenvalue weighted by Gasteiger charge is 2.42. The number of aliphatic hydroxyl groups excluding tert-OH is 1. The zero-order chi connectivity index (χ0) is 21.2. The molecule has 0 heterocycles. The Bertz CT molecular complexity index is 502. The first-order valence-corrected chi connectivity index (χ1v) is 11.9. The largest absolute Gasteiger partial charge is 0.367 e. The van der Waals surface area contributed by atoms with Gasteiger partial charge >= 0.3 is 0 Å². The fourth-order valence-corrected chi connectivity index (χ4v) is 5.80. The average molecular weight is 393 g/mol. The second-order valence-corrected chi connectivity index (χ2v) is 11.9. The van der Waals surface area contributed by atoms with E-state index in [1.54, 1.807) is 0 Å². The molecule has 2 nitrogen and oxygen atoms in total. The summed E-state index contributed by atoms with van der Waals surface area (Å²) in [6.45, 7) is 18.9. The second-order valence-electron chi connectivity index (χ2n) is 11.9. The summed E-state index contributed by atoms with van der Waals surface area (Å²) in [5.41, 5.74) is 0.495. The minimum atomic E-state index is -0.650. The summed E-state index contributed by atoms with van der Waals surface area (Å²) >= 11 is 0. The number of rotatable bonds is 6. The molecule has 2 aliphatic carbocycles. The molecule has 1 N–H and O–H groups in total. The summed E-state index contributed by atoms with van der Waals surface area (Å²) in [4.78, 5) is 0. The molecule has 28 heavy (non-hydrogen) atoms. The number of allylic oxidation sites excluding steroid dienone is 1. The standard InChI is InChI=1S/C26H48O2/c1-9-26(17-11-10-12-18-26)28-23(27)21-15-13-20(14-16-21)22(25(6,7)8)19(2)24(3,4)5/h13,15,19-23,27H,9-12,14,16-18H2,1-8H3. The fraction of sp³-hybridized carbons (Fsp3) is 0.923. The lowest BCUT2D eigenvalue weighted by atomic mass is 9.59. The molecule has 0 aromatic carbocycles. The number of hydrogen-bond acceptors (Lipinski definition) is 2. The molecule has 0 aromatic heterocycles. The van der Waals surface area contributed by atoms with Gasteiger partial charge in [0.05, 0.1) is 5.60 Å². The molecule has 1 fully saturated rings. The van der Waals surface area contributed by atoms with E-state index in [1.165, 1.54) is 19.3 Å². The summed E-state index contributed by atoms with van der Waals surface area (Å²) in [6.07, 6.45) is 13.2. The van der Waals surface area contributed by atoms with Crippen LogP contribution in [0.5, 0.6) is 0 Å². The van der Waals surface area contributed by atoms with Gasteiger partial charge in [0, 0.05) is 5.92 Å². The zero-order valence-corrected chi connectivity index (χ0v) is 20.1. The van der Waals surface area contributed by atoms with Crippen molar-refractivity contribution in [3.63, 3.8) is 0 Å². The van der Waals surface area contributed by atoms with Crippen molar-refractivity contribution in [3.05, 3.63) is 12.2 Å². The van der Waals surface area contributed by atoms with Gasteiger partial charge in [0.25, 0.3) is 0 Å². The van der Waals surface area contributed by atoms with Crippen LogP contribution < -0.4 is 0 Å². The molecule has 0 radical (unpaired) electrons. The third-order valence-electron chi connectivity index (χ3n) is 7.95. The Labute approximate surface area is 175 Å². The van der Waals surface area contributed by atoms with Crippen LogP contribution >= 0.6 is 0 Å². The molecule has 0 bridgehead atoms. The van der Waals surface area contributed by atoms with Crippen molar-refractivity contribution in [2.24, 2.45) is 34.5 Å². The maximum Gasteiger partial charge on any atom is 0.161 e. The predicted molar refractivity (Wildman–Crippen MR) is 120 cm³/mol. The van der Waals surface area contributed by atoms with Crippen molar-refractivity contribution in [1.82, 2.24) is 0 Å². The molecule has 5 unspecified atom stereocenters. The molecule has 0 aromatic rings. The molecule has 2 rings (SSSR count). The van der Waals surface area contributed by atoms with Crippen LogP contribution in [0.2, 0.25) is 0 Å². The first-order chi connectivity index (χ1) is 12.9. The van der Waals surface area contributed by atoms with E-state index in [9.17, 15) is 5.11 Å². The van der Waals surface area contributed by atoms with E-state index in [0.29, 0.717) is 23.2 Å². The monoisotopic (exact) mass is 392 g/mol. The Balaban J connectivity index is 2.07. The SMILES string of the molecule is CCC1(OC(O)C2C=CC(C(C(C)C(C)(C)C)C(C)(C)C)CC2)CCCCC1. The number of aliphatic hydroxyl groups is 1. The molecule has 0 aliphatic heterocycles. The van der Waals surface area contributed by atoms with Gasteiger partial charge in [-0.2, -0.15) is 0 Å². The van der Waals surface area contributed by atoms with Crippen molar-refractivity contribution in [2.45, 2.75) is 119 Å². The van der Waals surface area contributed by atoms with Crippen molar-refractivity contribution >= 4 is 0 Å². The Morgan fingerprint density at radius 2 is 1.46 bits per heavy atom. The molecule has 0 amide bonds. The van der Waals surface area contributed by atoms with Gasteiger partial charge in [0.2, 0.25) is 0 Å². The summed E-state index contributed by atoms with van der Waals surface area (Å²) in [7, 11) is 0. The number of ether oxygens (including phenoxy) is 1. The molecule has 0 saturated heterocycles. The van der Waals surface area contributed by atoms with E-state index in [4.69, 9.17) is 4.74 Å². The topological polar surface area (TPSA) is 29.5 Å². The van der Waals surface area contributed by atoms with Gasteiger partial charge in [-0.05, 0) is 60.7 Å². The summed E-state index contributed by atoms with van der Waals surface area (Å²) in [5.74, 6) is 2.02. The van der Waals surface area contributed by atoms with Gasteiger partial charge in [-0.1, -0.05) is 86.8 Å². The molecular weight excluding hydrogens is 344 g/mol. The van der Waals surface area contributed by atoms with E-state index in [0.717, 1.165) is 32.1 Å². The lowest BCUT2D eigenvalue weighted by Crippen LogP contribution is -2.42. The molecule has 5 atom stereocenters. The van der Waals surface area contributed by atoms with Crippen LogP contribution in [0, 0.1) is 34.5 Å². The minimum absolute atomic E-state index is 0.0863. The van der Waals surface area contributed by atoms with Crippen molar-refractivity contribution in [3.8, 4) is 0 Å². The zero-order valence-electron chi connectivity index (χ0n) is 20.1. The lowest BCUT2D eigenvalue weighted by Gasteiger charge is -2.47. The van der Waals surface area contributed by atoms with Crippen molar-refractivity contribution in [1.29, 1.82) is 0 Å². The van der Waals surface area contributed by atoms with E-state index >= 15 is 0 Å². The van der Waals surface area contributed by atoms with Crippen LogP contribution in [0.4, 0.5) is 0 Å². The number of hydrogen-bond donors (Lipinski definition) is 1. The highest BCUT2D eigenvalue weighted by atomic mass is 16.6. The van der Waals surface area contributed by atoms with E-state index in [2.05, 4.69) is 67.5 Å². The smallest absolute Gasteiger partial charge is 0.161 e. The Morgan fingerprint density at radius 1 is 0.929 bits per heavy atom. The first-order valence-electron chi connectivity index (χ1n) is 11.9. The Kier molecular flexibility index (Phi) is 7.87. The molecule has 2 heteroatoms. The maximum absolute atomic E-state index is 10.9. The summed E-state index contributed by atoms with van der Waals surface area (Å²) in [5, 5.41) is 10.9. The highest BCUT2D eigenvalue weighted by molar-refractivity contribution is 5.05. The van der Waals surface area contributed by atoms with E-state index < -0.39 is 6.29 Å². The van der Waals surface area contributed by atoms with E-state index in [1.807, 2.05) is 0 Å². The van der Waals surface area contributed by atoms with Gasteiger partial charge < -0.3 is 9.84 Å². The van der Waals surface area contributed by atoms with Crippen molar-refractivity contribution < 1.29 is 9.84 Å². The van der Waals surface area contributed by atoms with Crippen LogP contribution in [0.15, 0.2) is 12.2 Å². The minimum Gasteiger partial charge on any atom is -0.367 e. The van der Waals surface area contributed by atoms with Gasteiger partial charge in [0.15, 0.2) is 6.29 Å². The van der Waals surface area contributed by atoms with Gasteiger partial charge in [-0.25, -0.2) is 0 Å². The molecule has 1 saturated carbocycles. The van der Waals surface area contributed by atoms with Crippen molar-refractivity contribution in [2.75, 3.05) is 0 Å². The molecular formula is C26H48O2. The van der Waals surface area contributed by atoms with E-state index in [-0.39, 0.29) is 16.9 Å². The van der Waals surface area contributed by atoms with Gasteiger partial charge in [-0.3, -0.25) is 0 Å². The molecule has 164 valence electrons. The summed E-state index contributed by atoms with van der Waals surface area (Å²) < 4.78 is 6.34. The maximum atomic E-state index is 10.9. The normalized spacial score (nSPS) is 29.3. The lowest BCUT2D eigenvalue weighted by molar-refractivity contribution is -0.215. The fourth-order valence-electron chi connectivity index (χ4n) is 5.80. The van der Waals surface area contributed by atoms with Crippen LogP contribution in [0.1, 0.15) is 107 Å². The third-order valence-corrected chi connectivity index (χ3v) is 7.95. The first kappa shape index (κ1) is 23.9. The van der Waals surface area contributed by atoms with Gasteiger partial charge in [-0.15, -0.1) is 0 Å². The highest BCUT2D eigenvalue weighted by Crippen LogP contribution is 2.48. The summed E-state index contributed by atoms with van der Waals surface area (Å²) in [6, 6.07) is 0.